The van der Waals surface area contributed by atoms with Gasteiger partial charge < -0.3 is 9.40 Å². The van der Waals surface area contributed by atoms with E-state index in [2.05, 4.69) is 99.5 Å². The summed E-state index contributed by atoms with van der Waals surface area (Å²) >= 11 is 0. The van der Waals surface area contributed by atoms with Gasteiger partial charge in [-0.25, -0.2) is 9.97 Å². The van der Waals surface area contributed by atoms with Crippen LogP contribution in [0.4, 0.5) is 0 Å². The van der Waals surface area contributed by atoms with Gasteiger partial charge in [-0.1, -0.05) is 72.8 Å². The Morgan fingerprint density at radius 1 is 0.615 bits per heavy atom. The third kappa shape index (κ3) is 2.79. The summed E-state index contributed by atoms with van der Waals surface area (Å²) < 4.78 is 8.64. The van der Waals surface area contributed by atoms with Gasteiger partial charge in [0.1, 0.15) is 17.4 Å². The lowest BCUT2D eigenvalue weighted by Gasteiger charge is -2.11. The van der Waals surface area contributed by atoms with Crippen LogP contribution in [0, 0.1) is 0 Å². The molecule has 0 bridgehead atoms. The molecule has 0 aliphatic rings. The number of para-hydroxylation sites is 4. The quantitative estimate of drug-likeness (QED) is 0.258. The first-order chi connectivity index (χ1) is 19.3. The Hall–Kier alpha value is -5.42. The molecule has 0 fully saturated rings. The lowest BCUT2D eigenvalue weighted by Crippen LogP contribution is -1.99. The average molecular weight is 501 g/mol. The third-order valence-corrected chi connectivity index (χ3v) is 7.86. The molecule has 39 heavy (non-hydrogen) atoms. The van der Waals surface area contributed by atoms with Crippen LogP contribution in [-0.4, -0.2) is 19.5 Å². The van der Waals surface area contributed by atoms with Crippen molar-refractivity contribution < 1.29 is 4.42 Å². The fraction of sp³-hybridized carbons (Fsp3) is 0. The molecule has 0 radical (unpaired) electrons. The van der Waals surface area contributed by atoms with Crippen LogP contribution in [0.5, 0.6) is 0 Å². The maximum Gasteiger partial charge on any atom is 0.197 e. The van der Waals surface area contributed by atoms with E-state index in [1.165, 1.54) is 21.5 Å². The molecule has 182 valence electrons. The fourth-order valence-corrected chi connectivity index (χ4v) is 6.16. The van der Waals surface area contributed by atoms with E-state index >= 15 is 0 Å². The largest absolute Gasteiger partial charge is 0.450 e. The number of aromatic nitrogens is 4. The number of fused-ring (bicyclic) bond motifs is 9. The molecule has 0 atom stereocenters. The Kier molecular flexibility index (Phi) is 3.99. The van der Waals surface area contributed by atoms with Crippen molar-refractivity contribution in [2.24, 2.45) is 0 Å². The van der Waals surface area contributed by atoms with Gasteiger partial charge in [0.05, 0.1) is 11.0 Å². The van der Waals surface area contributed by atoms with Crippen molar-refractivity contribution in [3.05, 3.63) is 116 Å². The first-order valence-corrected chi connectivity index (χ1v) is 13.0. The van der Waals surface area contributed by atoms with E-state index in [9.17, 15) is 0 Å². The van der Waals surface area contributed by atoms with Crippen LogP contribution in [0.2, 0.25) is 0 Å². The van der Waals surface area contributed by atoms with Gasteiger partial charge in [-0.2, -0.15) is 0 Å². The van der Waals surface area contributed by atoms with Crippen LogP contribution in [0.1, 0.15) is 0 Å². The van der Waals surface area contributed by atoms with Gasteiger partial charge in [0.15, 0.2) is 11.4 Å². The molecule has 9 aromatic rings. The van der Waals surface area contributed by atoms with Crippen molar-refractivity contribution in [3.63, 3.8) is 0 Å². The van der Waals surface area contributed by atoms with Crippen molar-refractivity contribution in [1.82, 2.24) is 19.5 Å². The number of H-pyrrole nitrogens is 1. The van der Waals surface area contributed by atoms with Crippen LogP contribution in [0.3, 0.4) is 0 Å². The number of rotatable bonds is 2. The lowest BCUT2D eigenvalue weighted by molar-refractivity contribution is 0.662. The zero-order valence-electron chi connectivity index (χ0n) is 20.7. The number of nitrogens with zero attached hydrogens (tertiary/aromatic N) is 3. The molecule has 0 amide bonds. The molecule has 5 nitrogen and oxygen atoms in total. The molecule has 0 aliphatic carbocycles. The van der Waals surface area contributed by atoms with Crippen molar-refractivity contribution >= 4 is 65.7 Å². The maximum absolute atomic E-state index is 6.40. The van der Waals surface area contributed by atoms with Crippen LogP contribution in [0.25, 0.3) is 82.6 Å². The SMILES string of the molecule is c1ccc2c(c1)[nH]c1ccc(-c3cccc4c5ccccc5n(-c5ncnc6c5oc5ccccc56)c34)cc12. The minimum Gasteiger partial charge on any atom is -0.450 e. The highest BCUT2D eigenvalue weighted by molar-refractivity contribution is 6.16. The number of hydrogen-bond donors (Lipinski definition) is 1. The third-order valence-electron chi connectivity index (χ3n) is 7.86. The standard InChI is InChI=1S/C34H20N4O/c1-4-13-27-22(8-1)26-18-20(16-17-28(26)37-27)21-11-7-12-24-23-9-2-5-14-29(23)38(32(21)24)34-33-31(35-19-36-34)25-10-3-6-15-30(25)39-33/h1-19,37H. The highest BCUT2D eigenvalue weighted by Gasteiger charge is 2.21. The zero-order valence-corrected chi connectivity index (χ0v) is 20.7. The molecular formula is C34H20N4O. The monoisotopic (exact) mass is 500 g/mol. The predicted molar refractivity (Wildman–Crippen MR) is 158 cm³/mol. The Morgan fingerprint density at radius 2 is 1.38 bits per heavy atom. The molecule has 5 aromatic carbocycles. The number of hydrogen-bond acceptors (Lipinski definition) is 3. The van der Waals surface area contributed by atoms with E-state index in [0.717, 1.165) is 55.5 Å². The summed E-state index contributed by atoms with van der Waals surface area (Å²) in [6.45, 7) is 0. The maximum atomic E-state index is 6.40. The minimum atomic E-state index is 0.684. The normalized spacial score (nSPS) is 12.1. The number of nitrogens with one attached hydrogen (secondary N) is 1. The molecule has 0 aliphatic heterocycles. The van der Waals surface area contributed by atoms with E-state index < -0.39 is 0 Å². The summed E-state index contributed by atoms with van der Waals surface area (Å²) in [7, 11) is 0. The summed E-state index contributed by atoms with van der Waals surface area (Å²) in [5.41, 5.74) is 9.04. The highest BCUT2D eigenvalue weighted by Crippen LogP contribution is 2.41. The van der Waals surface area contributed by atoms with Gasteiger partial charge in [0, 0.05) is 43.5 Å². The van der Waals surface area contributed by atoms with E-state index in [1.54, 1.807) is 6.33 Å². The Balaban J connectivity index is 1.42. The van der Waals surface area contributed by atoms with Crippen molar-refractivity contribution in [3.8, 4) is 16.9 Å². The van der Waals surface area contributed by atoms with E-state index in [1.807, 2.05) is 24.3 Å². The van der Waals surface area contributed by atoms with Crippen LogP contribution >= 0.6 is 0 Å². The highest BCUT2D eigenvalue weighted by atomic mass is 16.3. The average Bonchev–Trinajstić information content (AvgIpc) is 3.66. The van der Waals surface area contributed by atoms with Gasteiger partial charge in [-0.3, -0.25) is 4.57 Å². The van der Waals surface area contributed by atoms with Crippen LogP contribution in [-0.2, 0) is 0 Å². The predicted octanol–water partition coefficient (Wildman–Crippen LogP) is 8.77. The van der Waals surface area contributed by atoms with Crippen molar-refractivity contribution in [1.29, 1.82) is 0 Å². The first kappa shape index (κ1) is 20.6. The van der Waals surface area contributed by atoms with E-state index in [0.29, 0.717) is 5.58 Å². The molecule has 9 rings (SSSR count). The molecule has 0 unspecified atom stereocenters. The van der Waals surface area contributed by atoms with Gasteiger partial charge >= 0.3 is 0 Å². The summed E-state index contributed by atoms with van der Waals surface area (Å²) in [6.07, 6.45) is 1.64. The second-order valence-corrected chi connectivity index (χ2v) is 9.96. The first-order valence-electron chi connectivity index (χ1n) is 13.0. The van der Waals surface area contributed by atoms with Crippen molar-refractivity contribution in [2.75, 3.05) is 0 Å². The Bertz CT molecular complexity index is 2410. The van der Waals surface area contributed by atoms with Crippen LogP contribution < -0.4 is 0 Å². The molecule has 5 heteroatoms. The topological polar surface area (TPSA) is 59.6 Å². The van der Waals surface area contributed by atoms with Crippen LogP contribution in [0.15, 0.2) is 120 Å². The Morgan fingerprint density at radius 3 is 2.33 bits per heavy atom. The molecule has 0 spiro atoms. The summed E-state index contributed by atoms with van der Waals surface area (Å²) in [5.74, 6) is 0.739. The molecule has 0 saturated heterocycles. The Labute approximate surface area is 221 Å². The number of aromatic amines is 1. The molecule has 4 heterocycles. The summed E-state index contributed by atoms with van der Waals surface area (Å²) in [5, 5.41) is 5.77. The van der Waals surface area contributed by atoms with Gasteiger partial charge in [0.25, 0.3) is 0 Å². The number of benzene rings is 5. The molecule has 4 aromatic heterocycles. The minimum absolute atomic E-state index is 0.684. The number of furan rings is 1. The molecule has 1 N–H and O–H groups in total. The van der Waals surface area contributed by atoms with E-state index in [4.69, 9.17) is 9.40 Å². The fourth-order valence-electron chi connectivity index (χ4n) is 6.16. The summed E-state index contributed by atoms with van der Waals surface area (Å²) in [6, 6.07) is 38.2. The lowest BCUT2D eigenvalue weighted by atomic mass is 10.00. The van der Waals surface area contributed by atoms with Gasteiger partial charge in [0.2, 0.25) is 0 Å². The molecule has 0 saturated carbocycles. The van der Waals surface area contributed by atoms with Gasteiger partial charge in [-0.05, 0) is 42.0 Å². The summed E-state index contributed by atoms with van der Waals surface area (Å²) in [4.78, 5) is 13.0. The second kappa shape index (κ2) is 7.55. The molecular weight excluding hydrogens is 480 g/mol. The van der Waals surface area contributed by atoms with Crippen molar-refractivity contribution in [2.45, 2.75) is 0 Å². The zero-order chi connectivity index (χ0) is 25.5. The second-order valence-electron chi connectivity index (χ2n) is 9.96. The van der Waals surface area contributed by atoms with Gasteiger partial charge in [-0.15, -0.1) is 0 Å². The van der Waals surface area contributed by atoms with E-state index in [-0.39, 0.29) is 0 Å². The smallest absolute Gasteiger partial charge is 0.197 e.